The summed E-state index contributed by atoms with van der Waals surface area (Å²) in [4.78, 5) is 16.1. The van der Waals surface area contributed by atoms with Crippen molar-refractivity contribution in [3.63, 3.8) is 0 Å². The van der Waals surface area contributed by atoms with Gasteiger partial charge in [-0.3, -0.25) is 4.99 Å². The molecule has 0 spiro atoms. The molecule has 1 rings (SSSR count). The van der Waals surface area contributed by atoms with E-state index in [-0.39, 0.29) is 12.1 Å². The van der Waals surface area contributed by atoms with Crippen LogP contribution in [0.15, 0.2) is 57.7 Å². The minimum atomic E-state index is -0.349. The fourth-order valence-electron chi connectivity index (χ4n) is 1.65. The number of allylic oxidation sites excluding steroid dienone is 3. The van der Waals surface area contributed by atoms with Crippen LogP contribution in [-0.4, -0.2) is 36.6 Å². The number of urea groups is 1. The third-order valence-electron chi connectivity index (χ3n) is 2.93. The molecule has 1 aromatic carbocycles. The van der Waals surface area contributed by atoms with Crippen LogP contribution in [0.5, 0.6) is 5.75 Å². The zero-order chi connectivity index (χ0) is 19.4. The first-order valence-electron chi connectivity index (χ1n) is 8.30. The average Bonchev–Trinajstić information content (AvgIpc) is 2.61. The maximum Gasteiger partial charge on any atom is 0.341 e. The average molecular weight is 377 g/mol. The van der Waals surface area contributed by atoms with Crippen LogP contribution >= 0.6 is 11.6 Å². The van der Waals surface area contributed by atoms with Crippen molar-refractivity contribution in [2.45, 2.75) is 33.3 Å². The van der Waals surface area contributed by atoms with Gasteiger partial charge in [0.1, 0.15) is 5.75 Å². The van der Waals surface area contributed by atoms with E-state index in [4.69, 9.17) is 16.3 Å². The standard InChI is InChI=1S/C19H25ClN4O2/c1-5-16(20)14-21-12-6-7-13-22-24(4)19(25)23-17-8-10-18(11-9-17)26-15(2)3/h6-15H,5H2,1-4H3,(H,23,25)/b7-6+,16-14+,21-12-,22-13+. The van der Waals surface area contributed by atoms with E-state index < -0.39 is 0 Å². The Bertz CT molecular complexity index is 679. The third kappa shape index (κ3) is 9.03. The number of nitrogens with zero attached hydrogens (tertiary/aromatic N) is 3. The molecule has 0 heterocycles. The van der Waals surface area contributed by atoms with Crippen LogP contribution < -0.4 is 10.1 Å². The number of aliphatic imine (C=N–C) groups is 1. The maximum absolute atomic E-state index is 12.0. The molecule has 140 valence electrons. The summed E-state index contributed by atoms with van der Waals surface area (Å²) in [7, 11) is 1.56. The van der Waals surface area contributed by atoms with Crippen molar-refractivity contribution in [2.24, 2.45) is 10.1 Å². The summed E-state index contributed by atoms with van der Waals surface area (Å²) >= 11 is 5.82. The number of halogens is 1. The molecule has 2 amide bonds. The van der Waals surface area contributed by atoms with Gasteiger partial charge in [0.2, 0.25) is 0 Å². The summed E-state index contributed by atoms with van der Waals surface area (Å²) in [5.41, 5.74) is 0.662. The molecule has 0 atom stereocenters. The van der Waals surface area contributed by atoms with Crippen molar-refractivity contribution in [3.05, 3.63) is 47.6 Å². The van der Waals surface area contributed by atoms with Gasteiger partial charge in [0.05, 0.1) is 6.10 Å². The van der Waals surface area contributed by atoms with Crippen LogP contribution in [-0.2, 0) is 0 Å². The smallest absolute Gasteiger partial charge is 0.341 e. The Kier molecular flexibility index (Phi) is 9.79. The number of hydrogen-bond donors (Lipinski definition) is 1. The molecule has 0 aliphatic carbocycles. The monoisotopic (exact) mass is 376 g/mol. The molecule has 0 bridgehead atoms. The fourth-order valence-corrected chi connectivity index (χ4v) is 1.70. The van der Waals surface area contributed by atoms with Crippen LogP contribution in [0.2, 0.25) is 0 Å². The van der Waals surface area contributed by atoms with Gasteiger partial charge in [-0.05, 0) is 56.7 Å². The van der Waals surface area contributed by atoms with Crippen molar-refractivity contribution in [2.75, 3.05) is 12.4 Å². The lowest BCUT2D eigenvalue weighted by Crippen LogP contribution is -2.26. The van der Waals surface area contributed by atoms with E-state index >= 15 is 0 Å². The van der Waals surface area contributed by atoms with Crippen molar-refractivity contribution in [3.8, 4) is 5.75 Å². The molecule has 0 saturated carbocycles. The Morgan fingerprint density at radius 2 is 1.92 bits per heavy atom. The van der Waals surface area contributed by atoms with Gasteiger partial charge in [-0.15, -0.1) is 0 Å². The van der Waals surface area contributed by atoms with E-state index in [0.717, 1.165) is 12.2 Å². The quantitative estimate of drug-likeness (QED) is 0.510. The number of benzene rings is 1. The molecule has 0 fully saturated rings. The molecule has 26 heavy (non-hydrogen) atoms. The van der Waals surface area contributed by atoms with Gasteiger partial charge in [0, 0.05) is 36.4 Å². The van der Waals surface area contributed by atoms with Crippen LogP contribution in [0.4, 0.5) is 10.5 Å². The molecule has 0 radical (unpaired) electrons. The first-order valence-corrected chi connectivity index (χ1v) is 8.68. The van der Waals surface area contributed by atoms with E-state index in [0.29, 0.717) is 10.7 Å². The maximum atomic E-state index is 12.0. The summed E-state index contributed by atoms with van der Waals surface area (Å²) in [6.07, 6.45) is 8.88. The van der Waals surface area contributed by atoms with Gasteiger partial charge in [0.15, 0.2) is 0 Å². The number of amides is 2. The van der Waals surface area contributed by atoms with Gasteiger partial charge >= 0.3 is 6.03 Å². The summed E-state index contributed by atoms with van der Waals surface area (Å²) in [6, 6.07) is 6.82. The fraction of sp³-hybridized carbons (Fsp3) is 0.316. The molecule has 7 heteroatoms. The van der Waals surface area contributed by atoms with Crippen molar-refractivity contribution >= 4 is 35.7 Å². The number of carbonyl (C=O) groups is 1. The number of carbonyl (C=O) groups excluding carboxylic acids is 1. The molecule has 0 saturated heterocycles. The Hall–Kier alpha value is -2.60. The molecular formula is C19H25ClN4O2. The van der Waals surface area contributed by atoms with E-state index in [1.165, 1.54) is 11.2 Å². The molecule has 1 N–H and O–H groups in total. The van der Waals surface area contributed by atoms with E-state index in [1.807, 2.05) is 20.8 Å². The second kappa shape index (κ2) is 11.9. The largest absolute Gasteiger partial charge is 0.491 e. The first kappa shape index (κ1) is 21.4. The van der Waals surface area contributed by atoms with E-state index in [2.05, 4.69) is 15.4 Å². The van der Waals surface area contributed by atoms with Crippen LogP contribution in [0.1, 0.15) is 27.2 Å². The summed E-state index contributed by atoms with van der Waals surface area (Å²) in [6.45, 7) is 5.87. The number of ether oxygens (including phenoxy) is 1. The highest BCUT2D eigenvalue weighted by Crippen LogP contribution is 2.17. The van der Waals surface area contributed by atoms with Gasteiger partial charge < -0.3 is 10.1 Å². The zero-order valence-corrected chi connectivity index (χ0v) is 16.3. The Labute approximate surface area is 159 Å². The minimum Gasteiger partial charge on any atom is -0.491 e. The number of anilines is 1. The highest BCUT2D eigenvalue weighted by Gasteiger charge is 2.06. The van der Waals surface area contributed by atoms with E-state index in [9.17, 15) is 4.79 Å². The lowest BCUT2D eigenvalue weighted by atomic mass is 10.3. The topological polar surface area (TPSA) is 66.3 Å². The number of nitrogens with one attached hydrogen (secondary N) is 1. The number of hydrogen-bond acceptors (Lipinski definition) is 4. The molecule has 0 unspecified atom stereocenters. The predicted octanol–water partition coefficient (Wildman–Crippen LogP) is 5.04. The van der Waals surface area contributed by atoms with E-state index in [1.54, 1.807) is 55.9 Å². The number of rotatable bonds is 8. The van der Waals surface area contributed by atoms with Crippen molar-refractivity contribution in [1.82, 2.24) is 5.01 Å². The molecule has 0 aromatic heterocycles. The first-order chi connectivity index (χ1) is 12.4. The molecule has 6 nitrogen and oxygen atoms in total. The highest BCUT2D eigenvalue weighted by atomic mass is 35.5. The summed E-state index contributed by atoms with van der Waals surface area (Å²) in [5.74, 6) is 0.756. The lowest BCUT2D eigenvalue weighted by Gasteiger charge is -2.13. The molecule has 1 aromatic rings. The normalized spacial score (nSPS) is 12.5. The van der Waals surface area contributed by atoms with Crippen LogP contribution in [0.3, 0.4) is 0 Å². The van der Waals surface area contributed by atoms with Crippen molar-refractivity contribution < 1.29 is 9.53 Å². The lowest BCUT2D eigenvalue weighted by molar-refractivity contribution is 0.224. The van der Waals surface area contributed by atoms with Gasteiger partial charge in [0.25, 0.3) is 0 Å². The highest BCUT2D eigenvalue weighted by molar-refractivity contribution is 6.29. The summed E-state index contributed by atoms with van der Waals surface area (Å²) in [5, 5.41) is 8.64. The second-order valence-electron chi connectivity index (χ2n) is 5.52. The Balaban J connectivity index is 2.47. The van der Waals surface area contributed by atoms with Crippen molar-refractivity contribution in [1.29, 1.82) is 0 Å². The minimum absolute atomic E-state index is 0.105. The molecule has 0 aliphatic rings. The van der Waals surface area contributed by atoms with Crippen LogP contribution in [0.25, 0.3) is 0 Å². The SMILES string of the molecule is CC\C(Cl)=C/N=C\C=C\C=N\N(C)C(=O)Nc1ccc(OC(C)C)cc1. The Morgan fingerprint density at radius 1 is 1.27 bits per heavy atom. The summed E-state index contributed by atoms with van der Waals surface area (Å²) < 4.78 is 5.56. The molecular weight excluding hydrogens is 352 g/mol. The number of hydrazone groups is 1. The van der Waals surface area contributed by atoms with Gasteiger partial charge in [-0.25, -0.2) is 9.80 Å². The van der Waals surface area contributed by atoms with Crippen LogP contribution in [0, 0.1) is 0 Å². The molecule has 0 aliphatic heterocycles. The second-order valence-corrected chi connectivity index (χ2v) is 6.01. The Morgan fingerprint density at radius 3 is 2.54 bits per heavy atom. The third-order valence-corrected chi connectivity index (χ3v) is 3.30. The zero-order valence-electron chi connectivity index (χ0n) is 15.5. The van der Waals surface area contributed by atoms with Gasteiger partial charge in [-0.1, -0.05) is 18.5 Å². The van der Waals surface area contributed by atoms with Gasteiger partial charge in [-0.2, -0.15) is 5.10 Å². The predicted molar refractivity (Wildman–Crippen MR) is 109 cm³/mol.